The van der Waals surface area contributed by atoms with E-state index in [2.05, 4.69) is 20.9 Å². The number of amides is 4. The number of hydrogen-bond acceptors (Lipinski definition) is 5. The number of nitrogens with one attached hydrogen (secondary N) is 4. The molecule has 0 fully saturated rings. The van der Waals surface area contributed by atoms with Gasteiger partial charge in [0.25, 0.3) is 0 Å². The molecule has 6 N–H and O–H groups in total. The van der Waals surface area contributed by atoms with Crippen molar-refractivity contribution in [3.8, 4) is 0 Å². The van der Waals surface area contributed by atoms with Crippen LogP contribution in [0, 0.1) is 11.8 Å². The normalized spacial score (nSPS) is 18.9. The smallest absolute Gasteiger partial charge is 0.408 e. The second kappa shape index (κ2) is 13.8. The van der Waals surface area contributed by atoms with Crippen molar-refractivity contribution in [2.45, 2.75) is 84.0 Å². The fourth-order valence-electron chi connectivity index (χ4n) is 5.67. The summed E-state index contributed by atoms with van der Waals surface area (Å²) in [6.45, 7) is 7.61. The molecule has 0 aliphatic heterocycles. The lowest BCUT2D eigenvalue weighted by Crippen LogP contribution is -2.67. The molecule has 4 rings (SSSR count). The van der Waals surface area contributed by atoms with Crippen LogP contribution in [0.25, 0.3) is 10.9 Å². The molecule has 230 valence electrons. The Balaban J connectivity index is 1.62. The lowest BCUT2D eigenvalue weighted by atomic mass is 9.78. The number of fused-ring (bicyclic) bond motifs is 3. The third kappa shape index (κ3) is 7.18. The number of aromatic amines is 1. The number of carbonyl (C=O) groups excluding carboxylic acids is 4. The summed E-state index contributed by atoms with van der Waals surface area (Å²) in [6, 6.07) is 15.2. The van der Waals surface area contributed by atoms with E-state index in [9.17, 15) is 19.2 Å². The molecule has 5 atom stereocenters. The van der Waals surface area contributed by atoms with Crippen LogP contribution >= 0.6 is 0 Å². The van der Waals surface area contributed by atoms with Crippen molar-refractivity contribution in [2.24, 2.45) is 17.6 Å². The average Bonchev–Trinajstić information content (AvgIpc) is 3.38. The summed E-state index contributed by atoms with van der Waals surface area (Å²) < 4.78 is 5.40. The summed E-state index contributed by atoms with van der Waals surface area (Å²) in [5.74, 6) is -2.06. The number of rotatable bonds is 12. The molecular weight excluding hydrogens is 546 g/mol. The highest BCUT2D eigenvalue weighted by Crippen LogP contribution is 2.35. The number of aryl methyl sites for hydroxylation is 1. The van der Waals surface area contributed by atoms with Gasteiger partial charge in [-0.1, -0.05) is 89.1 Å². The van der Waals surface area contributed by atoms with Crippen molar-refractivity contribution in [3.63, 3.8) is 0 Å². The number of benzene rings is 2. The van der Waals surface area contributed by atoms with Crippen LogP contribution in [-0.2, 0) is 38.6 Å². The molecule has 2 aromatic carbocycles. The van der Waals surface area contributed by atoms with Gasteiger partial charge in [0.2, 0.25) is 17.7 Å². The zero-order chi connectivity index (χ0) is 31.1. The Hall–Kier alpha value is -4.34. The molecule has 0 radical (unpaired) electrons. The van der Waals surface area contributed by atoms with Gasteiger partial charge >= 0.3 is 6.09 Å². The summed E-state index contributed by atoms with van der Waals surface area (Å²) in [4.78, 5) is 56.7. The Morgan fingerprint density at radius 1 is 0.930 bits per heavy atom. The molecule has 1 aromatic heterocycles. The van der Waals surface area contributed by atoms with Crippen molar-refractivity contribution in [1.29, 1.82) is 0 Å². The Morgan fingerprint density at radius 2 is 1.58 bits per heavy atom. The molecule has 10 heteroatoms. The maximum absolute atomic E-state index is 14.1. The molecule has 1 aliphatic rings. The zero-order valence-electron chi connectivity index (χ0n) is 25.4. The molecule has 1 heterocycles. The van der Waals surface area contributed by atoms with E-state index in [1.54, 1.807) is 0 Å². The molecule has 0 saturated heterocycles. The Morgan fingerprint density at radius 3 is 2.26 bits per heavy atom. The van der Waals surface area contributed by atoms with Crippen LogP contribution in [0.1, 0.15) is 63.8 Å². The number of primary amides is 1. The summed E-state index contributed by atoms with van der Waals surface area (Å²) in [7, 11) is 0. The highest BCUT2D eigenvalue weighted by molar-refractivity contribution is 5.98. The van der Waals surface area contributed by atoms with Crippen LogP contribution in [0.15, 0.2) is 54.6 Å². The van der Waals surface area contributed by atoms with E-state index in [1.165, 1.54) is 0 Å². The van der Waals surface area contributed by atoms with E-state index in [-0.39, 0.29) is 24.9 Å². The highest BCUT2D eigenvalue weighted by atomic mass is 16.5. The Kier molecular flexibility index (Phi) is 10.1. The number of carbonyl (C=O) groups is 4. The highest BCUT2D eigenvalue weighted by Gasteiger charge is 2.46. The van der Waals surface area contributed by atoms with Gasteiger partial charge in [-0.25, -0.2) is 4.79 Å². The largest absolute Gasteiger partial charge is 0.445 e. The van der Waals surface area contributed by atoms with Gasteiger partial charge in [-0.3, -0.25) is 14.4 Å². The SMILES string of the molecule is CCC(C)[C@H](NC(=O)[C@@]1(NC(=O)[C@@H](NC(=O)OCc2ccccc2)[C@@H](C)CC)CCc2[nH]c3ccccc3c2C1)C(N)=O. The van der Waals surface area contributed by atoms with Crippen molar-refractivity contribution in [2.75, 3.05) is 0 Å². The average molecular weight is 590 g/mol. The first-order valence-electron chi connectivity index (χ1n) is 15.1. The van der Waals surface area contributed by atoms with Crippen molar-refractivity contribution in [1.82, 2.24) is 20.9 Å². The van der Waals surface area contributed by atoms with Crippen LogP contribution in [-0.4, -0.2) is 46.4 Å². The number of ether oxygens (including phenoxy) is 1. The van der Waals surface area contributed by atoms with Gasteiger partial charge in [-0.05, 0) is 41.9 Å². The number of hydrogen-bond donors (Lipinski definition) is 5. The first-order valence-corrected chi connectivity index (χ1v) is 15.1. The summed E-state index contributed by atoms with van der Waals surface area (Å²) in [5.41, 5.74) is 8.03. The van der Waals surface area contributed by atoms with E-state index in [0.29, 0.717) is 25.7 Å². The van der Waals surface area contributed by atoms with Gasteiger partial charge in [-0.15, -0.1) is 0 Å². The predicted octanol–water partition coefficient (Wildman–Crippen LogP) is 3.87. The van der Waals surface area contributed by atoms with Gasteiger partial charge in [0, 0.05) is 23.0 Å². The van der Waals surface area contributed by atoms with Crippen molar-refractivity contribution < 1.29 is 23.9 Å². The number of alkyl carbamates (subject to hydrolysis) is 1. The predicted molar refractivity (Wildman–Crippen MR) is 165 cm³/mol. The lowest BCUT2D eigenvalue weighted by Gasteiger charge is -2.39. The fourth-order valence-corrected chi connectivity index (χ4v) is 5.67. The lowest BCUT2D eigenvalue weighted by molar-refractivity contribution is -0.137. The molecule has 10 nitrogen and oxygen atoms in total. The van der Waals surface area contributed by atoms with Gasteiger partial charge in [0.05, 0.1) is 0 Å². The minimum atomic E-state index is -1.38. The van der Waals surface area contributed by atoms with E-state index in [0.717, 1.165) is 27.7 Å². The number of para-hydroxylation sites is 1. The van der Waals surface area contributed by atoms with Crippen molar-refractivity contribution in [3.05, 3.63) is 71.4 Å². The molecule has 0 bridgehead atoms. The third-order valence-corrected chi connectivity index (χ3v) is 8.77. The number of H-pyrrole nitrogens is 1. The van der Waals surface area contributed by atoms with Crippen LogP contribution in [0.2, 0.25) is 0 Å². The van der Waals surface area contributed by atoms with Gasteiger partial charge in [0.1, 0.15) is 24.2 Å². The molecule has 43 heavy (non-hydrogen) atoms. The number of aromatic nitrogens is 1. The van der Waals surface area contributed by atoms with E-state index < -0.39 is 41.4 Å². The molecule has 0 spiro atoms. The van der Waals surface area contributed by atoms with Gasteiger partial charge in [-0.2, -0.15) is 0 Å². The zero-order valence-corrected chi connectivity index (χ0v) is 25.4. The van der Waals surface area contributed by atoms with Crippen LogP contribution in [0.4, 0.5) is 4.79 Å². The second-order valence-electron chi connectivity index (χ2n) is 11.7. The van der Waals surface area contributed by atoms with Gasteiger partial charge < -0.3 is 31.4 Å². The first kappa shape index (κ1) is 31.6. The van der Waals surface area contributed by atoms with Crippen LogP contribution in [0.5, 0.6) is 0 Å². The van der Waals surface area contributed by atoms with E-state index >= 15 is 0 Å². The second-order valence-corrected chi connectivity index (χ2v) is 11.7. The van der Waals surface area contributed by atoms with Gasteiger partial charge in [0.15, 0.2) is 0 Å². The first-order chi connectivity index (χ1) is 20.6. The number of nitrogens with two attached hydrogens (primary N) is 1. The fraction of sp³-hybridized carbons (Fsp3) is 0.455. The quantitative estimate of drug-likeness (QED) is 0.217. The summed E-state index contributed by atoms with van der Waals surface area (Å²) >= 11 is 0. The third-order valence-electron chi connectivity index (χ3n) is 8.77. The molecular formula is C33H43N5O5. The molecule has 1 unspecified atom stereocenters. The molecule has 4 amide bonds. The van der Waals surface area contributed by atoms with Crippen molar-refractivity contribution >= 4 is 34.7 Å². The standard InChI is InChI=1S/C33H43N5O5/c1-5-20(3)27(29(34)39)36-31(41)33(17-16-26-24(18-33)23-14-10-11-15-25(23)35-26)38-30(40)28(21(4)6-2)37-32(42)43-19-22-12-8-7-9-13-22/h7-15,20-21,27-28,35H,5-6,16-19H2,1-4H3,(H2,34,39)(H,36,41)(H,37,42)(H,38,40)/t20?,21-,27-,28-,33+/m0/s1. The van der Waals surface area contributed by atoms with E-state index in [1.807, 2.05) is 82.3 Å². The minimum Gasteiger partial charge on any atom is -0.445 e. The maximum Gasteiger partial charge on any atom is 0.408 e. The van der Waals surface area contributed by atoms with Crippen LogP contribution in [0.3, 0.4) is 0 Å². The minimum absolute atomic E-state index is 0.0569. The topological polar surface area (TPSA) is 155 Å². The summed E-state index contributed by atoms with van der Waals surface area (Å²) in [5, 5.41) is 9.60. The monoisotopic (exact) mass is 589 g/mol. The molecule has 3 aromatic rings. The Labute approximate surface area is 252 Å². The van der Waals surface area contributed by atoms with E-state index in [4.69, 9.17) is 10.5 Å². The van der Waals surface area contributed by atoms with Crippen LogP contribution < -0.4 is 21.7 Å². The molecule has 1 aliphatic carbocycles. The summed E-state index contributed by atoms with van der Waals surface area (Å²) in [6.07, 6.45) is 1.51. The Bertz CT molecular complexity index is 1450. The molecule has 0 saturated carbocycles. The maximum atomic E-state index is 14.1.